The lowest BCUT2D eigenvalue weighted by molar-refractivity contribution is -0.254. The van der Waals surface area contributed by atoms with Crippen LogP contribution in [0.2, 0.25) is 0 Å². The summed E-state index contributed by atoms with van der Waals surface area (Å²) < 4.78 is 0.980. The Bertz CT molecular complexity index is 552. The predicted molar refractivity (Wildman–Crippen MR) is 63.5 cm³/mol. The van der Waals surface area contributed by atoms with Crippen molar-refractivity contribution in [3.05, 3.63) is 39.1 Å². The molecule has 0 atom stereocenters. The number of fused-ring (bicyclic) bond motifs is 1. The normalized spacial score (nSPS) is 10.5. The fraction of sp³-hybridized carbons (Fsp3) is 0.0909. The van der Waals surface area contributed by atoms with E-state index in [2.05, 4.69) is 27.6 Å². The van der Waals surface area contributed by atoms with Gasteiger partial charge in [-0.2, -0.15) is 0 Å². The third-order valence-corrected chi connectivity index (χ3v) is 2.79. The van der Waals surface area contributed by atoms with Crippen molar-refractivity contribution in [3.63, 3.8) is 0 Å². The van der Waals surface area contributed by atoms with Gasteiger partial charge in [-0.3, -0.25) is 4.98 Å². The Morgan fingerprint density at radius 3 is 2.80 bits per heavy atom. The van der Waals surface area contributed by atoms with Crippen LogP contribution in [0.1, 0.15) is 16.1 Å². The molecule has 4 heteroatoms. The topological polar surface area (TPSA) is 53.0 Å². The summed E-state index contributed by atoms with van der Waals surface area (Å²) in [5, 5.41) is 11.6. The summed E-state index contributed by atoms with van der Waals surface area (Å²) in [4.78, 5) is 15.2. The van der Waals surface area contributed by atoms with Crippen molar-refractivity contribution < 1.29 is 9.90 Å². The van der Waals surface area contributed by atoms with Crippen LogP contribution < -0.4 is 5.11 Å². The van der Waals surface area contributed by atoms with Crippen molar-refractivity contribution in [2.75, 3.05) is 0 Å². The van der Waals surface area contributed by atoms with E-state index >= 15 is 0 Å². The standard InChI is InChI=1S/C11H8INO2/c1-6-4-9(11(14)15)8-5-7(12)2-3-10(8)13-6/h2-5H,1H3,(H,14,15)/p-1. The molecule has 0 fully saturated rings. The summed E-state index contributed by atoms with van der Waals surface area (Å²) >= 11 is 2.14. The van der Waals surface area contributed by atoms with E-state index in [0.29, 0.717) is 16.6 Å². The van der Waals surface area contributed by atoms with Gasteiger partial charge >= 0.3 is 0 Å². The number of benzene rings is 1. The average molecular weight is 312 g/mol. The molecule has 2 rings (SSSR count). The molecular weight excluding hydrogens is 305 g/mol. The number of rotatable bonds is 1. The van der Waals surface area contributed by atoms with Crippen LogP contribution in [0.25, 0.3) is 10.9 Å². The molecule has 15 heavy (non-hydrogen) atoms. The van der Waals surface area contributed by atoms with Crippen molar-refractivity contribution in [2.45, 2.75) is 6.92 Å². The molecule has 1 aromatic carbocycles. The van der Waals surface area contributed by atoms with Gasteiger partial charge in [-0.05, 0) is 53.8 Å². The summed E-state index contributed by atoms with van der Waals surface area (Å²) in [6.45, 7) is 1.77. The van der Waals surface area contributed by atoms with Gasteiger partial charge in [0, 0.05) is 20.2 Å². The number of carbonyl (C=O) groups excluding carboxylic acids is 1. The first kappa shape index (κ1) is 10.4. The molecule has 0 saturated heterocycles. The second-order valence-corrected chi connectivity index (χ2v) is 4.51. The first-order valence-corrected chi connectivity index (χ1v) is 5.44. The minimum atomic E-state index is -1.16. The lowest BCUT2D eigenvalue weighted by Crippen LogP contribution is -2.22. The maximum Gasteiger partial charge on any atom is 0.0722 e. The quantitative estimate of drug-likeness (QED) is 0.750. The molecule has 0 aliphatic rings. The number of carbonyl (C=O) groups is 1. The van der Waals surface area contributed by atoms with E-state index in [1.54, 1.807) is 13.0 Å². The smallest absolute Gasteiger partial charge is 0.0722 e. The van der Waals surface area contributed by atoms with Crippen molar-refractivity contribution in [2.24, 2.45) is 0 Å². The van der Waals surface area contributed by atoms with Gasteiger partial charge in [0.2, 0.25) is 0 Å². The minimum Gasteiger partial charge on any atom is -0.545 e. The monoisotopic (exact) mass is 312 g/mol. The summed E-state index contributed by atoms with van der Waals surface area (Å²) in [5.74, 6) is -1.16. The van der Waals surface area contributed by atoms with Crippen LogP contribution in [0.5, 0.6) is 0 Å². The molecule has 2 aromatic rings. The van der Waals surface area contributed by atoms with Gasteiger partial charge in [-0.15, -0.1) is 0 Å². The number of hydrogen-bond donors (Lipinski definition) is 0. The van der Waals surface area contributed by atoms with Crippen LogP contribution in [-0.2, 0) is 0 Å². The van der Waals surface area contributed by atoms with Gasteiger partial charge in [0.1, 0.15) is 0 Å². The van der Waals surface area contributed by atoms with E-state index in [1.165, 1.54) is 6.07 Å². The van der Waals surface area contributed by atoms with Gasteiger partial charge in [0.15, 0.2) is 0 Å². The molecule has 76 valence electrons. The number of carboxylic acid groups (broad SMARTS) is 1. The largest absolute Gasteiger partial charge is 0.545 e. The lowest BCUT2D eigenvalue weighted by atomic mass is 10.1. The Balaban J connectivity index is 2.87. The number of aromatic nitrogens is 1. The van der Waals surface area contributed by atoms with Crippen molar-refractivity contribution >= 4 is 39.5 Å². The van der Waals surface area contributed by atoms with Crippen LogP contribution in [0.15, 0.2) is 24.3 Å². The highest BCUT2D eigenvalue weighted by molar-refractivity contribution is 14.1. The fourth-order valence-corrected chi connectivity index (χ4v) is 1.99. The van der Waals surface area contributed by atoms with Gasteiger partial charge in [-0.1, -0.05) is 0 Å². The molecule has 0 unspecified atom stereocenters. The molecule has 0 spiro atoms. The summed E-state index contributed by atoms with van der Waals surface area (Å²) in [6, 6.07) is 7.05. The molecule has 0 aliphatic heterocycles. The maximum absolute atomic E-state index is 10.9. The summed E-state index contributed by atoms with van der Waals surface area (Å²) in [6.07, 6.45) is 0. The number of hydrogen-bond acceptors (Lipinski definition) is 3. The average Bonchev–Trinajstić information content (AvgIpc) is 2.17. The van der Waals surface area contributed by atoms with Gasteiger partial charge < -0.3 is 9.90 Å². The number of pyridine rings is 1. The highest BCUT2D eigenvalue weighted by Crippen LogP contribution is 2.20. The Labute approximate surface area is 100 Å². The zero-order chi connectivity index (χ0) is 11.0. The SMILES string of the molecule is Cc1cc(C(=O)[O-])c2cc(I)ccc2n1. The Morgan fingerprint density at radius 1 is 1.40 bits per heavy atom. The zero-order valence-corrected chi connectivity index (χ0v) is 10.1. The van der Waals surface area contributed by atoms with Crippen molar-refractivity contribution in [1.29, 1.82) is 0 Å². The second kappa shape index (κ2) is 3.77. The third-order valence-electron chi connectivity index (χ3n) is 2.12. The molecule has 0 amide bonds. The minimum absolute atomic E-state index is 0.205. The van der Waals surface area contributed by atoms with E-state index in [0.717, 1.165) is 3.57 Å². The van der Waals surface area contributed by atoms with Gasteiger partial charge in [0.05, 0.1) is 11.5 Å². The zero-order valence-electron chi connectivity index (χ0n) is 7.95. The van der Waals surface area contributed by atoms with Crippen molar-refractivity contribution in [3.8, 4) is 0 Å². The molecule has 0 saturated carbocycles. The van der Waals surface area contributed by atoms with Crippen LogP contribution >= 0.6 is 22.6 Å². The predicted octanol–water partition coefficient (Wildman–Crippen LogP) is 1.51. The highest BCUT2D eigenvalue weighted by Gasteiger charge is 2.05. The first-order valence-electron chi connectivity index (χ1n) is 4.36. The van der Waals surface area contributed by atoms with E-state index in [4.69, 9.17) is 0 Å². The third kappa shape index (κ3) is 1.94. The Morgan fingerprint density at radius 2 is 2.13 bits per heavy atom. The lowest BCUT2D eigenvalue weighted by Gasteiger charge is -2.08. The fourth-order valence-electron chi connectivity index (χ4n) is 1.50. The van der Waals surface area contributed by atoms with Gasteiger partial charge in [0.25, 0.3) is 0 Å². The van der Waals surface area contributed by atoms with E-state index in [-0.39, 0.29) is 5.56 Å². The van der Waals surface area contributed by atoms with Crippen LogP contribution in [-0.4, -0.2) is 11.0 Å². The van der Waals surface area contributed by atoms with E-state index < -0.39 is 5.97 Å². The number of halogens is 1. The second-order valence-electron chi connectivity index (χ2n) is 3.26. The molecular formula is C11H7INO2-. The molecule has 0 N–H and O–H groups in total. The first-order chi connectivity index (χ1) is 7.08. The molecule has 1 heterocycles. The van der Waals surface area contributed by atoms with Crippen LogP contribution in [0.3, 0.4) is 0 Å². The van der Waals surface area contributed by atoms with Crippen LogP contribution in [0.4, 0.5) is 0 Å². The van der Waals surface area contributed by atoms with E-state index in [1.807, 2.05) is 12.1 Å². The Kier molecular flexibility index (Phi) is 2.60. The Hall–Kier alpha value is -1.17. The molecule has 1 aromatic heterocycles. The van der Waals surface area contributed by atoms with Gasteiger partial charge in [-0.25, -0.2) is 0 Å². The molecule has 0 radical (unpaired) electrons. The molecule has 0 aliphatic carbocycles. The van der Waals surface area contributed by atoms with E-state index in [9.17, 15) is 9.90 Å². The van der Waals surface area contributed by atoms with Crippen molar-refractivity contribution in [1.82, 2.24) is 4.98 Å². The maximum atomic E-state index is 10.9. The molecule has 3 nitrogen and oxygen atoms in total. The number of aromatic carboxylic acids is 1. The summed E-state index contributed by atoms with van der Waals surface area (Å²) in [5.41, 5.74) is 1.58. The molecule has 0 bridgehead atoms. The highest BCUT2D eigenvalue weighted by atomic mass is 127. The number of carboxylic acids is 1. The summed E-state index contributed by atoms with van der Waals surface area (Å²) in [7, 11) is 0. The number of aryl methyl sites for hydroxylation is 1. The van der Waals surface area contributed by atoms with Crippen LogP contribution in [0, 0.1) is 10.5 Å². The number of nitrogens with zero attached hydrogens (tertiary/aromatic N) is 1.